The average molecular weight is 286 g/mol. The smallest absolute Gasteiger partial charge is 0.143 e. The zero-order valence-electron chi connectivity index (χ0n) is 14.2. The molecule has 116 valence electrons. The first-order valence-corrected chi connectivity index (χ1v) is 8.19. The van der Waals surface area contributed by atoms with E-state index in [2.05, 4.69) is 44.2 Å². The van der Waals surface area contributed by atoms with Crippen LogP contribution in [0.2, 0.25) is 0 Å². The SMILES string of the molecule is [B]C(=C)N=N/C(=C\C=C)C(C)(CCCC)CCCCCC. The third kappa shape index (κ3) is 8.69. The summed E-state index contributed by atoms with van der Waals surface area (Å²) in [4.78, 5) is 0. The van der Waals surface area contributed by atoms with E-state index in [4.69, 9.17) is 7.85 Å². The molecule has 0 heterocycles. The Balaban J connectivity index is 5.05. The van der Waals surface area contributed by atoms with E-state index in [9.17, 15) is 0 Å². The van der Waals surface area contributed by atoms with Gasteiger partial charge in [-0.15, -0.1) is 0 Å². The summed E-state index contributed by atoms with van der Waals surface area (Å²) < 4.78 is 0. The van der Waals surface area contributed by atoms with Gasteiger partial charge in [-0.3, -0.25) is 0 Å². The highest BCUT2D eigenvalue weighted by atomic mass is 15.1. The lowest BCUT2D eigenvalue weighted by Crippen LogP contribution is -2.18. The van der Waals surface area contributed by atoms with Gasteiger partial charge in [0.25, 0.3) is 0 Å². The van der Waals surface area contributed by atoms with Crippen molar-refractivity contribution in [2.75, 3.05) is 0 Å². The molecule has 0 aromatic heterocycles. The maximum atomic E-state index is 5.51. The Bertz CT molecular complexity index is 371. The van der Waals surface area contributed by atoms with Crippen LogP contribution in [0.25, 0.3) is 0 Å². The minimum atomic E-state index is 0.0386. The highest BCUT2D eigenvalue weighted by Gasteiger charge is 2.28. The predicted molar refractivity (Wildman–Crippen MR) is 94.4 cm³/mol. The summed E-state index contributed by atoms with van der Waals surface area (Å²) >= 11 is 0. The number of unbranched alkanes of at least 4 members (excludes halogenated alkanes) is 4. The lowest BCUT2D eigenvalue weighted by atomic mass is 9.77. The van der Waals surface area contributed by atoms with Crippen LogP contribution in [0, 0.1) is 5.41 Å². The average Bonchev–Trinajstić information content (AvgIpc) is 2.45. The highest BCUT2D eigenvalue weighted by molar-refractivity contribution is 6.20. The van der Waals surface area contributed by atoms with Crippen molar-refractivity contribution in [3.8, 4) is 0 Å². The van der Waals surface area contributed by atoms with Crippen molar-refractivity contribution in [1.82, 2.24) is 0 Å². The van der Waals surface area contributed by atoms with Gasteiger partial charge in [-0.1, -0.05) is 78.5 Å². The van der Waals surface area contributed by atoms with Gasteiger partial charge in [-0.05, 0) is 18.9 Å². The minimum Gasteiger partial charge on any atom is -0.168 e. The summed E-state index contributed by atoms with van der Waals surface area (Å²) in [6.45, 7) is 14.1. The predicted octanol–water partition coefficient (Wildman–Crippen LogP) is 6.32. The lowest BCUT2D eigenvalue weighted by Gasteiger charge is -2.30. The maximum absolute atomic E-state index is 5.51. The van der Waals surface area contributed by atoms with Gasteiger partial charge < -0.3 is 0 Å². The van der Waals surface area contributed by atoms with Crippen LogP contribution in [0.3, 0.4) is 0 Å². The first-order chi connectivity index (χ1) is 10.00. The van der Waals surface area contributed by atoms with Gasteiger partial charge in [0, 0.05) is 11.0 Å². The lowest BCUT2D eigenvalue weighted by molar-refractivity contribution is 0.306. The van der Waals surface area contributed by atoms with Crippen molar-refractivity contribution in [3.63, 3.8) is 0 Å². The number of rotatable bonds is 12. The van der Waals surface area contributed by atoms with Crippen LogP contribution >= 0.6 is 0 Å². The van der Waals surface area contributed by atoms with Crippen LogP contribution in [0.1, 0.15) is 72.1 Å². The Labute approximate surface area is 132 Å². The molecule has 0 saturated heterocycles. The fourth-order valence-electron chi connectivity index (χ4n) is 2.47. The first-order valence-electron chi connectivity index (χ1n) is 8.19. The van der Waals surface area contributed by atoms with E-state index >= 15 is 0 Å². The number of hydrogen-bond donors (Lipinski definition) is 0. The summed E-state index contributed by atoms with van der Waals surface area (Å²) in [7, 11) is 5.51. The summed E-state index contributed by atoms with van der Waals surface area (Å²) in [5.74, 6) is 0. The highest BCUT2D eigenvalue weighted by Crippen LogP contribution is 2.39. The molecule has 2 radical (unpaired) electrons. The van der Waals surface area contributed by atoms with Crippen molar-refractivity contribution < 1.29 is 0 Å². The minimum absolute atomic E-state index is 0.0386. The van der Waals surface area contributed by atoms with Gasteiger partial charge >= 0.3 is 0 Å². The fraction of sp³-hybridized carbons (Fsp3) is 0.667. The maximum Gasteiger partial charge on any atom is 0.143 e. The standard InChI is InChI=1S/C18H31BN2/c1-6-9-11-12-15-18(5,14-10-7-2)17(13-8-3)21-20-16(4)19/h8,13H,3-4,6-7,9-12,14-15H2,1-2,5H3/b17-13-,21-20?. The molecule has 0 N–H and O–H groups in total. The van der Waals surface area contributed by atoms with Crippen molar-refractivity contribution in [2.24, 2.45) is 15.6 Å². The van der Waals surface area contributed by atoms with Crippen LogP contribution in [-0.4, -0.2) is 7.85 Å². The Morgan fingerprint density at radius 2 is 1.67 bits per heavy atom. The molecule has 1 unspecified atom stereocenters. The third-order valence-electron chi connectivity index (χ3n) is 3.84. The number of allylic oxidation sites excluding steroid dienone is 3. The molecule has 0 bridgehead atoms. The molecular weight excluding hydrogens is 255 g/mol. The normalized spacial score (nSPS) is 15.1. The van der Waals surface area contributed by atoms with Crippen molar-refractivity contribution >= 4 is 7.85 Å². The number of nitrogens with zero attached hydrogens (tertiary/aromatic N) is 2. The molecule has 0 aliphatic rings. The molecule has 0 aromatic rings. The summed E-state index contributed by atoms with van der Waals surface area (Å²) in [5, 5.41) is 8.28. The Morgan fingerprint density at radius 3 is 2.19 bits per heavy atom. The summed E-state index contributed by atoms with van der Waals surface area (Å²) in [5.41, 5.74) is 1.25. The molecule has 0 rings (SSSR count). The van der Waals surface area contributed by atoms with Gasteiger partial charge in [-0.2, -0.15) is 10.2 Å². The van der Waals surface area contributed by atoms with E-state index in [1.807, 2.05) is 6.08 Å². The second-order valence-corrected chi connectivity index (χ2v) is 5.95. The first kappa shape index (κ1) is 19.9. The van der Waals surface area contributed by atoms with Crippen LogP contribution in [0.5, 0.6) is 0 Å². The molecule has 21 heavy (non-hydrogen) atoms. The van der Waals surface area contributed by atoms with Crippen molar-refractivity contribution in [1.29, 1.82) is 0 Å². The Hall–Kier alpha value is -1.12. The third-order valence-corrected chi connectivity index (χ3v) is 3.84. The van der Waals surface area contributed by atoms with E-state index < -0.39 is 0 Å². The molecule has 2 nitrogen and oxygen atoms in total. The van der Waals surface area contributed by atoms with E-state index in [1.165, 1.54) is 38.5 Å². The molecule has 0 saturated carbocycles. The van der Waals surface area contributed by atoms with Gasteiger partial charge in [0.15, 0.2) is 0 Å². The second kappa shape index (κ2) is 11.5. The van der Waals surface area contributed by atoms with Crippen LogP contribution in [0.15, 0.2) is 46.8 Å². The number of hydrogen-bond acceptors (Lipinski definition) is 2. The van der Waals surface area contributed by atoms with E-state index in [-0.39, 0.29) is 11.0 Å². The molecule has 1 atom stereocenters. The molecule has 0 spiro atoms. The molecule has 0 aliphatic carbocycles. The van der Waals surface area contributed by atoms with E-state index in [0.717, 1.165) is 18.5 Å². The fourth-order valence-corrected chi connectivity index (χ4v) is 2.47. The Morgan fingerprint density at radius 1 is 1.05 bits per heavy atom. The van der Waals surface area contributed by atoms with Crippen molar-refractivity contribution in [2.45, 2.75) is 72.1 Å². The Kier molecular flexibility index (Phi) is 10.9. The van der Waals surface area contributed by atoms with E-state index in [1.54, 1.807) is 6.08 Å². The number of azo groups is 1. The largest absolute Gasteiger partial charge is 0.168 e. The molecule has 3 heteroatoms. The van der Waals surface area contributed by atoms with E-state index in [0.29, 0.717) is 0 Å². The van der Waals surface area contributed by atoms with Crippen LogP contribution in [-0.2, 0) is 0 Å². The topological polar surface area (TPSA) is 24.7 Å². The zero-order chi connectivity index (χ0) is 16.1. The van der Waals surface area contributed by atoms with Crippen LogP contribution < -0.4 is 0 Å². The quantitative estimate of drug-likeness (QED) is 0.174. The zero-order valence-corrected chi connectivity index (χ0v) is 14.2. The molecule has 0 fully saturated rings. The van der Waals surface area contributed by atoms with Gasteiger partial charge in [-0.25, -0.2) is 0 Å². The molecular formula is C18H31BN2. The second-order valence-electron chi connectivity index (χ2n) is 5.95. The van der Waals surface area contributed by atoms with Gasteiger partial charge in [0.05, 0.1) is 5.70 Å². The van der Waals surface area contributed by atoms with Gasteiger partial charge in [0.1, 0.15) is 7.85 Å². The van der Waals surface area contributed by atoms with Gasteiger partial charge in [0.2, 0.25) is 0 Å². The molecule has 0 amide bonds. The summed E-state index contributed by atoms with van der Waals surface area (Å²) in [6, 6.07) is 0. The van der Waals surface area contributed by atoms with Crippen LogP contribution in [0.4, 0.5) is 0 Å². The molecule has 0 aromatic carbocycles. The molecule has 0 aliphatic heterocycles. The van der Waals surface area contributed by atoms with Crippen molar-refractivity contribution in [3.05, 3.63) is 36.6 Å². The monoisotopic (exact) mass is 286 g/mol. The summed E-state index contributed by atoms with van der Waals surface area (Å²) in [6.07, 6.45) is 13.4.